The lowest BCUT2D eigenvalue weighted by Crippen LogP contribution is -2.49. The molecule has 0 radical (unpaired) electrons. The van der Waals surface area contributed by atoms with E-state index in [2.05, 4.69) is 0 Å². The molecule has 3 rings (SSSR count). The summed E-state index contributed by atoms with van der Waals surface area (Å²) in [6, 6.07) is 6.61. The molecule has 0 aliphatic carbocycles. The molecule has 0 amide bonds. The van der Waals surface area contributed by atoms with Crippen molar-refractivity contribution in [2.24, 2.45) is 5.92 Å². The van der Waals surface area contributed by atoms with E-state index in [-0.39, 0.29) is 15.5 Å². The summed E-state index contributed by atoms with van der Waals surface area (Å²) < 4.78 is 38.5. The molecule has 24 heavy (non-hydrogen) atoms. The second-order valence-corrected chi connectivity index (χ2v) is 8.83. The minimum atomic E-state index is -3.55. The number of rotatable bonds is 5. The van der Waals surface area contributed by atoms with E-state index in [1.165, 1.54) is 4.31 Å². The van der Waals surface area contributed by atoms with Crippen molar-refractivity contribution < 1.29 is 17.9 Å². The zero-order chi connectivity index (χ0) is 17.2. The number of nitrogens with zero attached hydrogens (tertiary/aromatic N) is 1. The quantitative estimate of drug-likeness (QED) is 0.796. The molecule has 0 unspecified atom stereocenters. The van der Waals surface area contributed by atoms with Gasteiger partial charge in [0.1, 0.15) is 4.90 Å². The van der Waals surface area contributed by atoms with E-state index in [1.54, 1.807) is 31.4 Å². The summed E-state index contributed by atoms with van der Waals surface area (Å²) in [6.45, 7) is 2.41. The van der Waals surface area contributed by atoms with Crippen LogP contribution >= 0.6 is 11.6 Å². The van der Waals surface area contributed by atoms with Gasteiger partial charge in [0.25, 0.3) is 0 Å². The summed E-state index contributed by atoms with van der Waals surface area (Å²) in [5.74, 6) is 0.447. The maximum absolute atomic E-state index is 12.8. The molecule has 2 fully saturated rings. The largest absolute Gasteiger partial charge is 0.385 e. The van der Waals surface area contributed by atoms with Crippen LogP contribution in [0.5, 0.6) is 0 Å². The van der Waals surface area contributed by atoms with Crippen LogP contribution in [0, 0.1) is 5.92 Å². The summed E-state index contributed by atoms with van der Waals surface area (Å²) >= 11 is 6.08. The lowest BCUT2D eigenvalue weighted by molar-refractivity contribution is -0.0603. The number of ether oxygens (including phenoxy) is 2. The molecule has 2 aliphatic rings. The lowest BCUT2D eigenvalue weighted by Gasteiger charge is -2.41. The van der Waals surface area contributed by atoms with Crippen LogP contribution in [0.25, 0.3) is 0 Å². The second kappa shape index (κ2) is 7.30. The number of hydrogen-bond acceptors (Lipinski definition) is 4. The van der Waals surface area contributed by atoms with Gasteiger partial charge in [-0.1, -0.05) is 23.7 Å². The molecule has 1 aromatic rings. The molecular formula is C17H24ClNO4S. The van der Waals surface area contributed by atoms with Gasteiger partial charge in [-0.05, 0) is 43.7 Å². The van der Waals surface area contributed by atoms with Crippen LogP contribution in [0.1, 0.15) is 25.7 Å². The zero-order valence-electron chi connectivity index (χ0n) is 13.9. The van der Waals surface area contributed by atoms with E-state index in [1.807, 2.05) is 0 Å². The molecule has 0 aromatic heterocycles. The van der Waals surface area contributed by atoms with Crippen LogP contribution in [0.15, 0.2) is 29.2 Å². The lowest BCUT2D eigenvalue weighted by atomic mass is 9.78. The molecular weight excluding hydrogens is 350 g/mol. The van der Waals surface area contributed by atoms with Gasteiger partial charge in [-0.25, -0.2) is 8.42 Å². The van der Waals surface area contributed by atoms with Crippen molar-refractivity contribution in [3.05, 3.63) is 29.3 Å². The first-order valence-corrected chi connectivity index (χ1v) is 10.2. The first-order valence-electron chi connectivity index (χ1n) is 8.37. The van der Waals surface area contributed by atoms with E-state index in [4.69, 9.17) is 21.1 Å². The molecule has 2 heterocycles. The highest BCUT2D eigenvalue weighted by Gasteiger charge is 2.47. The zero-order valence-corrected chi connectivity index (χ0v) is 15.5. The van der Waals surface area contributed by atoms with Gasteiger partial charge in [-0.15, -0.1) is 0 Å². The predicted molar refractivity (Wildman–Crippen MR) is 92.7 cm³/mol. The average Bonchev–Trinajstić information content (AvgIpc) is 2.95. The molecule has 2 saturated heterocycles. The standard InChI is InChI=1S/C17H24ClNO4S/c1-22-12-6-14-7-13-23-17(14)8-10-19(11-9-17)24(20,21)16-5-3-2-4-15(16)18/h2-5,14H,6-13H2,1H3/t14-/m1/s1. The second-order valence-electron chi connectivity index (χ2n) is 6.51. The molecule has 1 spiro atoms. The summed E-state index contributed by atoms with van der Waals surface area (Å²) in [5, 5.41) is 0.271. The Hall–Kier alpha value is -0.660. The number of halogens is 1. The maximum Gasteiger partial charge on any atom is 0.244 e. The molecule has 1 aromatic carbocycles. The van der Waals surface area contributed by atoms with Gasteiger partial charge in [-0.2, -0.15) is 4.31 Å². The van der Waals surface area contributed by atoms with Crippen LogP contribution in [0.3, 0.4) is 0 Å². The molecule has 5 nitrogen and oxygen atoms in total. The van der Waals surface area contributed by atoms with E-state index in [0.29, 0.717) is 19.0 Å². The molecule has 1 atom stereocenters. The third-order valence-electron chi connectivity index (χ3n) is 5.29. The van der Waals surface area contributed by atoms with Gasteiger partial charge >= 0.3 is 0 Å². The van der Waals surface area contributed by atoms with E-state index in [0.717, 1.165) is 38.9 Å². The Morgan fingerprint density at radius 1 is 1.33 bits per heavy atom. The summed E-state index contributed by atoms with van der Waals surface area (Å²) in [6.07, 6.45) is 3.45. The Morgan fingerprint density at radius 2 is 2.04 bits per heavy atom. The Balaban J connectivity index is 1.72. The van der Waals surface area contributed by atoms with Gasteiger partial charge in [-0.3, -0.25) is 0 Å². The maximum atomic E-state index is 12.8. The van der Waals surface area contributed by atoms with E-state index < -0.39 is 10.0 Å². The third-order valence-corrected chi connectivity index (χ3v) is 7.69. The van der Waals surface area contributed by atoms with E-state index in [9.17, 15) is 8.42 Å². The molecule has 7 heteroatoms. The number of piperidine rings is 1. The molecule has 0 bridgehead atoms. The van der Waals surface area contributed by atoms with Crippen molar-refractivity contribution in [2.45, 2.75) is 36.2 Å². The van der Waals surface area contributed by atoms with Crippen LogP contribution in [-0.4, -0.2) is 51.7 Å². The van der Waals surface area contributed by atoms with Crippen LogP contribution in [0.4, 0.5) is 0 Å². The van der Waals surface area contributed by atoms with Crippen molar-refractivity contribution in [3.63, 3.8) is 0 Å². The Labute approximate surface area is 148 Å². The predicted octanol–water partition coefficient (Wildman–Crippen LogP) is 2.94. The topological polar surface area (TPSA) is 55.8 Å². The highest BCUT2D eigenvalue weighted by Crippen LogP contribution is 2.43. The molecule has 134 valence electrons. The fraction of sp³-hybridized carbons (Fsp3) is 0.647. The molecule has 2 aliphatic heterocycles. The Morgan fingerprint density at radius 3 is 2.71 bits per heavy atom. The van der Waals surface area contributed by atoms with Gasteiger partial charge in [0.2, 0.25) is 10.0 Å². The SMILES string of the molecule is COCC[C@@H]1CCOC12CCN(S(=O)(=O)c1ccccc1Cl)CC2. The van der Waals surface area contributed by atoms with Crippen LogP contribution in [0.2, 0.25) is 5.02 Å². The van der Waals surface area contributed by atoms with Gasteiger partial charge in [0, 0.05) is 33.4 Å². The first kappa shape index (κ1) is 18.1. The van der Waals surface area contributed by atoms with Crippen LogP contribution < -0.4 is 0 Å². The first-order chi connectivity index (χ1) is 11.5. The normalized spacial score (nSPS) is 24.5. The third kappa shape index (κ3) is 3.35. The Bertz CT molecular complexity index is 671. The van der Waals surface area contributed by atoms with E-state index >= 15 is 0 Å². The Kier molecular flexibility index (Phi) is 5.52. The van der Waals surface area contributed by atoms with Gasteiger partial charge in [0.05, 0.1) is 10.6 Å². The summed E-state index contributed by atoms with van der Waals surface area (Å²) in [7, 11) is -1.84. The highest BCUT2D eigenvalue weighted by molar-refractivity contribution is 7.89. The van der Waals surface area contributed by atoms with Crippen molar-refractivity contribution in [2.75, 3.05) is 33.4 Å². The van der Waals surface area contributed by atoms with Gasteiger partial charge in [0.15, 0.2) is 0 Å². The van der Waals surface area contributed by atoms with Crippen molar-refractivity contribution in [3.8, 4) is 0 Å². The minimum Gasteiger partial charge on any atom is -0.385 e. The fourth-order valence-electron chi connectivity index (χ4n) is 3.90. The number of methoxy groups -OCH3 is 1. The number of hydrogen-bond donors (Lipinski definition) is 0. The summed E-state index contributed by atoms with van der Waals surface area (Å²) in [4.78, 5) is 0.186. The minimum absolute atomic E-state index is 0.186. The summed E-state index contributed by atoms with van der Waals surface area (Å²) in [5.41, 5.74) is -0.189. The van der Waals surface area contributed by atoms with Gasteiger partial charge < -0.3 is 9.47 Å². The monoisotopic (exact) mass is 373 g/mol. The number of benzene rings is 1. The van der Waals surface area contributed by atoms with Crippen molar-refractivity contribution in [1.82, 2.24) is 4.31 Å². The fourth-order valence-corrected chi connectivity index (χ4v) is 5.84. The highest BCUT2D eigenvalue weighted by atomic mass is 35.5. The van der Waals surface area contributed by atoms with Crippen LogP contribution in [-0.2, 0) is 19.5 Å². The van der Waals surface area contributed by atoms with Crippen molar-refractivity contribution in [1.29, 1.82) is 0 Å². The smallest absolute Gasteiger partial charge is 0.244 e. The molecule has 0 N–H and O–H groups in total. The van der Waals surface area contributed by atoms with Crippen molar-refractivity contribution >= 4 is 21.6 Å². The molecule has 0 saturated carbocycles. The average molecular weight is 374 g/mol. The number of sulfonamides is 1.